The molecule has 0 spiro atoms. The normalized spacial score (nSPS) is 24.6. The lowest BCUT2D eigenvalue weighted by Gasteiger charge is -2.36. The van der Waals surface area contributed by atoms with Crippen LogP contribution < -0.4 is 14.2 Å². The number of ether oxygens (including phenoxy) is 3. The zero-order valence-electron chi connectivity index (χ0n) is 16.2. The second-order valence-corrected chi connectivity index (χ2v) is 7.19. The Morgan fingerprint density at radius 1 is 0.929 bits per heavy atom. The van der Waals surface area contributed by atoms with Crippen LogP contribution >= 0.6 is 0 Å². The summed E-state index contributed by atoms with van der Waals surface area (Å²) in [5.74, 6) is 1.71. The summed E-state index contributed by atoms with van der Waals surface area (Å²) < 4.78 is 16.8. The third-order valence-electron chi connectivity index (χ3n) is 5.29. The molecule has 0 radical (unpaired) electrons. The fraction of sp³-hybridized carbons (Fsp3) is 0.455. The highest BCUT2D eigenvalue weighted by molar-refractivity contribution is 5.45. The van der Waals surface area contributed by atoms with Gasteiger partial charge in [0.1, 0.15) is 11.9 Å². The van der Waals surface area contributed by atoms with Crippen molar-refractivity contribution in [3.8, 4) is 17.2 Å². The van der Waals surface area contributed by atoms with E-state index in [4.69, 9.17) is 14.2 Å². The molecule has 2 aromatic carbocycles. The topological polar surface area (TPSA) is 88.4 Å². The van der Waals surface area contributed by atoms with Gasteiger partial charge in [-0.25, -0.2) is 0 Å². The van der Waals surface area contributed by atoms with Crippen LogP contribution in [0.15, 0.2) is 42.5 Å². The molecule has 6 heteroatoms. The van der Waals surface area contributed by atoms with Gasteiger partial charge in [-0.05, 0) is 35.7 Å². The number of para-hydroxylation sites is 1. The average Bonchev–Trinajstić information content (AvgIpc) is 2.71. The van der Waals surface area contributed by atoms with Gasteiger partial charge in [0.15, 0.2) is 11.5 Å². The maximum Gasteiger partial charge on any atom is 0.160 e. The molecule has 0 heterocycles. The lowest BCUT2D eigenvalue weighted by atomic mass is 9.83. The zero-order chi connectivity index (χ0) is 20.1. The molecule has 1 aliphatic rings. The first-order valence-corrected chi connectivity index (χ1v) is 9.48. The van der Waals surface area contributed by atoms with Crippen molar-refractivity contribution in [3.05, 3.63) is 53.6 Å². The number of hydrogen-bond acceptors (Lipinski definition) is 6. The summed E-state index contributed by atoms with van der Waals surface area (Å²) in [6.07, 6.45) is -0.581. The van der Waals surface area contributed by atoms with E-state index in [1.54, 1.807) is 14.2 Å². The molecule has 6 nitrogen and oxygen atoms in total. The minimum Gasteiger partial charge on any atom is -0.493 e. The van der Waals surface area contributed by atoms with Crippen molar-refractivity contribution in [1.82, 2.24) is 0 Å². The number of hydrogen-bond donors (Lipinski definition) is 3. The Morgan fingerprint density at radius 2 is 1.68 bits per heavy atom. The molecule has 4 atom stereocenters. The SMILES string of the molecule is COc1ccc(Cc2ccccc2O[C@@H]2C[C@H](CO)[C@@H](O)[C@H](O)C2)cc1OC. The van der Waals surface area contributed by atoms with Crippen LogP contribution in [0.3, 0.4) is 0 Å². The van der Waals surface area contributed by atoms with Gasteiger partial charge in [0.25, 0.3) is 0 Å². The van der Waals surface area contributed by atoms with E-state index in [0.717, 1.165) is 16.9 Å². The maximum absolute atomic E-state index is 10.1. The molecule has 1 fully saturated rings. The van der Waals surface area contributed by atoms with E-state index in [2.05, 4.69) is 0 Å². The molecule has 0 aliphatic heterocycles. The van der Waals surface area contributed by atoms with Crippen molar-refractivity contribution in [2.24, 2.45) is 5.92 Å². The van der Waals surface area contributed by atoms with Gasteiger partial charge in [-0.15, -0.1) is 0 Å². The maximum atomic E-state index is 10.1. The third kappa shape index (κ3) is 4.58. The first kappa shape index (κ1) is 20.5. The van der Waals surface area contributed by atoms with Crippen molar-refractivity contribution in [2.75, 3.05) is 20.8 Å². The van der Waals surface area contributed by atoms with Crippen LogP contribution in [0.25, 0.3) is 0 Å². The van der Waals surface area contributed by atoms with Crippen LogP contribution in [0.2, 0.25) is 0 Å². The van der Waals surface area contributed by atoms with E-state index >= 15 is 0 Å². The Hall–Kier alpha value is -2.28. The first-order valence-electron chi connectivity index (χ1n) is 9.48. The van der Waals surface area contributed by atoms with E-state index in [0.29, 0.717) is 30.8 Å². The van der Waals surface area contributed by atoms with Crippen molar-refractivity contribution in [3.63, 3.8) is 0 Å². The third-order valence-corrected chi connectivity index (χ3v) is 5.29. The molecule has 2 aromatic rings. The Bertz CT molecular complexity index is 777. The average molecular weight is 388 g/mol. The molecule has 0 saturated heterocycles. The number of methoxy groups -OCH3 is 2. The predicted molar refractivity (Wildman–Crippen MR) is 105 cm³/mol. The van der Waals surface area contributed by atoms with Gasteiger partial charge in [-0.3, -0.25) is 0 Å². The molecule has 3 rings (SSSR count). The minimum absolute atomic E-state index is 0.175. The second kappa shape index (κ2) is 9.28. The van der Waals surface area contributed by atoms with E-state index in [-0.39, 0.29) is 18.6 Å². The first-order chi connectivity index (χ1) is 13.5. The van der Waals surface area contributed by atoms with Crippen molar-refractivity contribution < 1.29 is 29.5 Å². The second-order valence-electron chi connectivity index (χ2n) is 7.19. The van der Waals surface area contributed by atoms with Crippen LogP contribution in [-0.2, 0) is 6.42 Å². The summed E-state index contributed by atoms with van der Waals surface area (Å²) >= 11 is 0. The summed E-state index contributed by atoms with van der Waals surface area (Å²) in [4.78, 5) is 0. The van der Waals surface area contributed by atoms with Crippen molar-refractivity contribution in [1.29, 1.82) is 0 Å². The van der Waals surface area contributed by atoms with Crippen LogP contribution in [-0.4, -0.2) is 54.5 Å². The van der Waals surface area contributed by atoms with Gasteiger partial charge in [0.2, 0.25) is 0 Å². The van der Waals surface area contributed by atoms with Gasteiger partial charge in [0, 0.05) is 25.4 Å². The Labute approximate surface area is 165 Å². The van der Waals surface area contributed by atoms with E-state index in [9.17, 15) is 15.3 Å². The van der Waals surface area contributed by atoms with Gasteiger partial charge in [-0.1, -0.05) is 24.3 Å². The highest BCUT2D eigenvalue weighted by atomic mass is 16.5. The van der Waals surface area contributed by atoms with Gasteiger partial charge >= 0.3 is 0 Å². The molecule has 0 unspecified atom stereocenters. The zero-order valence-corrected chi connectivity index (χ0v) is 16.2. The smallest absolute Gasteiger partial charge is 0.160 e. The summed E-state index contributed by atoms with van der Waals surface area (Å²) in [7, 11) is 3.22. The highest BCUT2D eigenvalue weighted by Gasteiger charge is 2.36. The quantitative estimate of drug-likeness (QED) is 0.674. The monoisotopic (exact) mass is 388 g/mol. The molecule has 152 valence electrons. The van der Waals surface area contributed by atoms with Crippen LogP contribution in [0.5, 0.6) is 17.2 Å². The van der Waals surface area contributed by atoms with Crippen LogP contribution in [0.4, 0.5) is 0 Å². The molecular weight excluding hydrogens is 360 g/mol. The highest BCUT2D eigenvalue weighted by Crippen LogP contribution is 2.32. The fourth-order valence-corrected chi connectivity index (χ4v) is 3.73. The van der Waals surface area contributed by atoms with Gasteiger partial charge in [-0.2, -0.15) is 0 Å². The van der Waals surface area contributed by atoms with Gasteiger partial charge in [0.05, 0.1) is 26.4 Å². The van der Waals surface area contributed by atoms with Crippen LogP contribution in [0.1, 0.15) is 24.0 Å². The number of aliphatic hydroxyl groups is 3. The summed E-state index contributed by atoms with van der Waals surface area (Å²) in [6, 6.07) is 13.6. The Balaban J connectivity index is 1.77. The minimum atomic E-state index is -0.910. The summed E-state index contributed by atoms with van der Waals surface area (Å²) in [5, 5.41) is 29.5. The van der Waals surface area contributed by atoms with E-state index in [1.807, 2.05) is 42.5 Å². The van der Waals surface area contributed by atoms with Gasteiger partial charge < -0.3 is 29.5 Å². The van der Waals surface area contributed by atoms with E-state index < -0.39 is 12.2 Å². The lowest BCUT2D eigenvalue weighted by molar-refractivity contribution is -0.0892. The molecule has 0 amide bonds. The molecule has 0 aromatic heterocycles. The summed E-state index contributed by atoms with van der Waals surface area (Å²) in [6.45, 7) is -0.175. The Morgan fingerprint density at radius 3 is 2.39 bits per heavy atom. The molecule has 1 aliphatic carbocycles. The lowest BCUT2D eigenvalue weighted by Crippen LogP contribution is -2.46. The largest absolute Gasteiger partial charge is 0.493 e. The number of rotatable bonds is 7. The predicted octanol–water partition coefficient (Wildman–Crippen LogP) is 2.17. The molecular formula is C22H28O6. The van der Waals surface area contributed by atoms with E-state index in [1.165, 1.54) is 0 Å². The van der Waals surface area contributed by atoms with Crippen molar-refractivity contribution in [2.45, 2.75) is 37.6 Å². The Kier molecular flexibility index (Phi) is 6.78. The van der Waals surface area contributed by atoms with Crippen molar-refractivity contribution >= 4 is 0 Å². The molecule has 28 heavy (non-hydrogen) atoms. The van der Waals surface area contributed by atoms with Crippen LogP contribution in [0, 0.1) is 5.92 Å². The molecule has 1 saturated carbocycles. The number of benzene rings is 2. The summed E-state index contributed by atoms with van der Waals surface area (Å²) in [5.41, 5.74) is 2.07. The number of aliphatic hydroxyl groups excluding tert-OH is 3. The fourth-order valence-electron chi connectivity index (χ4n) is 3.73. The standard InChI is InChI=1S/C22H28O6/c1-26-20-8-7-14(10-21(20)27-2)9-15-5-3-4-6-19(15)28-17-11-16(13-23)22(25)18(24)12-17/h3-8,10,16-18,22-25H,9,11-13H2,1-2H3/t16-,17-,18-,22-/m1/s1. The molecule has 3 N–H and O–H groups in total. The molecule has 0 bridgehead atoms.